The number of fused-ring (bicyclic) bond motifs is 3. The molecule has 17 heteroatoms. The van der Waals surface area contributed by atoms with Crippen LogP contribution in [0.3, 0.4) is 0 Å². The van der Waals surface area contributed by atoms with Gasteiger partial charge in [0.05, 0.1) is 32.0 Å². The summed E-state index contributed by atoms with van der Waals surface area (Å²) < 4.78 is 22.5. The van der Waals surface area contributed by atoms with Crippen molar-refractivity contribution >= 4 is 57.3 Å². The Morgan fingerprint density at radius 2 is 1.79 bits per heavy atom. The van der Waals surface area contributed by atoms with E-state index in [2.05, 4.69) is 25.7 Å². The van der Waals surface area contributed by atoms with Crippen molar-refractivity contribution in [3.63, 3.8) is 0 Å². The highest BCUT2D eigenvalue weighted by atomic mass is 32.1. The molecule has 0 radical (unpaired) electrons. The number of hydrogen-bond donors (Lipinski definition) is 4. The average Bonchev–Trinajstić information content (AvgIpc) is 3.62. The zero-order valence-electron chi connectivity index (χ0n) is 31.3. The van der Waals surface area contributed by atoms with Crippen molar-refractivity contribution in [2.24, 2.45) is 5.92 Å². The van der Waals surface area contributed by atoms with Gasteiger partial charge in [0.25, 0.3) is 0 Å². The van der Waals surface area contributed by atoms with Crippen LogP contribution in [0.5, 0.6) is 11.5 Å². The van der Waals surface area contributed by atoms with Gasteiger partial charge in [0.2, 0.25) is 11.8 Å². The molecule has 2 unspecified atom stereocenters. The van der Waals surface area contributed by atoms with Crippen molar-refractivity contribution in [1.82, 2.24) is 25.5 Å². The number of thiazole rings is 1. The number of aliphatic carboxylic acids is 1. The molecule has 4 amide bonds. The van der Waals surface area contributed by atoms with Crippen LogP contribution in [0.15, 0.2) is 41.8 Å². The average molecular weight is 791 g/mol. The predicted molar refractivity (Wildman–Crippen MR) is 204 cm³/mol. The van der Waals surface area contributed by atoms with Crippen molar-refractivity contribution < 1.29 is 48.0 Å². The lowest BCUT2D eigenvalue weighted by Crippen LogP contribution is -2.56. The lowest BCUT2D eigenvalue weighted by molar-refractivity contribution is -0.145. The molecule has 2 aliphatic heterocycles. The minimum atomic E-state index is -1.48. The van der Waals surface area contributed by atoms with E-state index in [1.807, 2.05) is 12.2 Å². The number of carboxylic acids is 1. The minimum Gasteiger partial charge on any atom is -0.497 e. The molecule has 298 valence electrons. The molecule has 4 heterocycles. The number of alkyl carbamates (subject to hydrolysis) is 1. The summed E-state index contributed by atoms with van der Waals surface area (Å²) in [6, 6.07) is 4.94. The third-order valence-electron chi connectivity index (χ3n) is 10.9. The fourth-order valence-electron chi connectivity index (χ4n) is 7.78. The second-order valence-electron chi connectivity index (χ2n) is 14.7. The van der Waals surface area contributed by atoms with Gasteiger partial charge >= 0.3 is 18.2 Å². The monoisotopic (exact) mass is 790 g/mol. The fraction of sp³-hybridized carbons (Fsp3) is 0.513. The third kappa shape index (κ3) is 8.51. The van der Waals surface area contributed by atoms with E-state index < -0.39 is 53.7 Å². The summed E-state index contributed by atoms with van der Waals surface area (Å²) in [4.78, 5) is 76.9. The number of nitrogens with one attached hydrogen (secondary N) is 3. The second-order valence-corrected chi connectivity index (χ2v) is 15.5. The number of carboxylic acid groups (broad SMARTS) is 1. The summed E-state index contributed by atoms with van der Waals surface area (Å²) in [5.74, 6) is -1.64. The maximum atomic E-state index is 14.5. The maximum Gasteiger partial charge on any atom is 0.413 e. The highest BCUT2D eigenvalue weighted by molar-refractivity contribution is 7.14. The summed E-state index contributed by atoms with van der Waals surface area (Å²) in [7, 11) is 2.80. The summed E-state index contributed by atoms with van der Waals surface area (Å²) in [5.41, 5.74) is -0.0720. The van der Waals surface area contributed by atoms with Crippen molar-refractivity contribution in [3.8, 4) is 22.9 Å². The number of pyridine rings is 1. The first-order chi connectivity index (χ1) is 27.1. The Morgan fingerprint density at radius 3 is 2.55 bits per heavy atom. The van der Waals surface area contributed by atoms with Gasteiger partial charge in [-0.25, -0.2) is 24.4 Å². The first-order valence-corrected chi connectivity index (χ1v) is 19.9. The molecule has 0 spiro atoms. The number of rotatable bonds is 8. The SMILES string of the molecule is COC(=O)Nc1nc(-c2cc(O[C@@H]3C[C@H]4C(=O)NC5(C(=O)O)CC5/C=C\CCCCC[C@H](NC(=O)OC5CCCC5)C(=O)N4C3)c3ccc(OC)cc3n2)cs1. The summed E-state index contributed by atoms with van der Waals surface area (Å²) in [6.07, 6.45) is 8.64. The first-order valence-electron chi connectivity index (χ1n) is 19.0. The van der Waals surface area contributed by atoms with E-state index in [1.165, 1.54) is 23.3 Å². The minimum absolute atomic E-state index is 0.0185. The van der Waals surface area contributed by atoms with E-state index in [-0.39, 0.29) is 31.4 Å². The molecule has 1 saturated heterocycles. The van der Waals surface area contributed by atoms with Gasteiger partial charge in [0.1, 0.15) is 47.0 Å². The van der Waals surface area contributed by atoms with Crippen LogP contribution in [0.1, 0.15) is 70.6 Å². The lowest BCUT2D eigenvalue weighted by Gasteiger charge is -2.29. The second kappa shape index (κ2) is 16.7. The quantitative estimate of drug-likeness (QED) is 0.211. The van der Waals surface area contributed by atoms with Gasteiger partial charge in [-0.2, -0.15) is 0 Å². The van der Waals surface area contributed by atoms with Crippen molar-refractivity contribution in [1.29, 1.82) is 0 Å². The summed E-state index contributed by atoms with van der Waals surface area (Å²) >= 11 is 1.18. The highest BCUT2D eigenvalue weighted by Crippen LogP contribution is 2.45. The zero-order valence-corrected chi connectivity index (χ0v) is 32.1. The molecule has 16 nitrogen and oxygen atoms in total. The molecule has 56 heavy (non-hydrogen) atoms. The van der Waals surface area contributed by atoms with Gasteiger partial charge in [-0.1, -0.05) is 25.0 Å². The van der Waals surface area contributed by atoms with Gasteiger partial charge in [-0.05, 0) is 63.5 Å². The Bertz CT molecular complexity index is 2020. The van der Waals surface area contributed by atoms with Crippen molar-refractivity contribution in [2.75, 3.05) is 26.1 Å². The number of ether oxygens (including phenoxy) is 4. The zero-order chi connectivity index (χ0) is 39.4. The number of allylic oxidation sites excluding steroid dienone is 1. The van der Waals surface area contributed by atoms with Crippen LogP contribution in [-0.4, -0.2) is 101 Å². The van der Waals surface area contributed by atoms with E-state index in [9.17, 15) is 29.1 Å². The normalized spacial score (nSPS) is 26.1. The Hall–Kier alpha value is -5.45. The molecule has 2 aliphatic carbocycles. The Labute approximate surface area is 327 Å². The molecule has 1 aromatic carbocycles. The molecular formula is C39H46N6O10S. The van der Waals surface area contributed by atoms with Crippen LogP contribution >= 0.6 is 11.3 Å². The topological polar surface area (TPSA) is 208 Å². The smallest absolute Gasteiger partial charge is 0.413 e. The summed E-state index contributed by atoms with van der Waals surface area (Å²) in [6.45, 7) is -0.0185. The molecule has 3 aromatic rings. The molecule has 5 atom stereocenters. The van der Waals surface area contributed by atoms with Crippen LogP contribution in [0, 0.1) is 5.92 Å². The molecule has 2 saturated carbocycles. The van der Waals surface area contributed by atoms with E-state index in [1.54, 1.807) is 36.8 Å². The van der Waals surface area contributed by atoms with Crippen LogP contribution in [-0.2, 0) is 23.9 Å². The number of amides is 4. The number of methoxy groups -OCH3 is 2. The van der Waals surface area contributed by atoms with Gasteiger partial charge < -0.3 is 39.6 Å². The molecule has 3 fully saturated rings. The highest BCUT2D eigenvalue weighted by Gasteiger charge is 2.61. The van der Waals surface area contributed by atoms with E-state index in [0.29, 0.717) is 51.8 Å². The number of hydrogen-bond acceptors (Lipinski definition) is 12. The standard InChI is InChI=1S/C39H46N6O10S/c1-52-24-14-15-26-28(16-24)40-29(30-21-56-36(41-30)43-37(50)53-2)18-32(26)54-25-17-31-33(46)44-39(35(48)49)19-22(39)10-6-4-3-5-7-13-27(34(47)45(31)20-25)42-38(51)55-23-11-8-9-12-23/h6,10,14-16,18,21-23,25,27,31H,3-5,7-9,11-13,17,19-20H2,1-2H3,(H,42,51)(H,44,46)(H,48,49)(H,41,43,50)/b10-6-/t22?,25-,27+,31+,39?/m1/s1. The third-order valence-corrected chi connectivity index (χ3v) is 11.7. The van der Waals surface area contributed by atoms with Gasteiger partial charge in [-0.3, -0.25) is 14.9 Å². The van der Waals surface area contributed by atoms with Crippen LogP contribution in [0.25, 0.3) is 22.3 Å². The van der Waals surface area contributed by atoms with Crippen molar-refractivity contribution in [3.05, 3.63) is 41.8 Å². The summed E-state index contributed by atoms with van der Waals surface area (Å²) in [5, 5.41) is 21.1. The van der Waals surface area contributed by atoms with Gasteiger partial charge in [0.15, 0.2) is 5.13 Å². The fourth-order valence-corrected chi connectivity index (χ4v) is 8.47. The number of benzene rings is 1. The Morgan fingerprint density at radius 1 is 0.982 bits per heavy atom. The lowest BCUT2D eigenvalue weighted by atomic mass is 10.0. The van der Waals surface area contributed by atoms with Crippen LogP contribution < -0.4 is 25.4 Å². The van der Waals surface area contributed by atoms with Crippen molar-refractivity contribution in [2.45, 2.75) is 100 Å². The van der Waals surface area contributed by atoms with E-state index in [4.69, 9.17) is 19.2 Å². The molecular weight excluding hydrogens is 745 g/mol. The van der Waals surface area contributed by atoms with Crippen LogP contribution in [0.2, 0.25) is 0 Å². The molecule has 0 bridgehead atoms. The van der Waals surface area contributed by atoms with Crippen LogP contribution in [0.4, 0.5) is 14.7 Å². The van der Waals surface area contributed by atoms with Gasteiger partial charge in [-0.15, -0.1) is 11.3 Å². The number of anilines is 1. The van der Waals surface area contributed by atoms with E-state index in [0.717, 1.165) is 44.9 Å². The number of carbonyl (C=O) groups excluding carboxylic acids is 4. The van der Waals surface area contributed by atoms with Gasteiger partial charge in [0, 0.05) is 35.2 Å². The Kier molecular flexibility index (Phi) is 11.6. The largest absolute Gasteiger partial charge is 0.497 e. The molecule has 4 N–H and O–H groups in total. The first kappa shape index (κ1) is 38.8. The predicted octanol–water partition coefficient (Wildman–Crippen LogP) is 5.41. The molecule has 2 aromatic heterocycles. The number of nitrogens with zero attached hydrogens (tertiary/aromatic N) is 3. The van der Waals surface area contributed by atoms with E-state index >= 15 is 0 Å². The maximum absolute atomic E-state index is 14.5. The molecule has 7 rings (SSSR count). The molecule has 4 aliphatic rings. The number of carbonyl (C=O) groups is 5. The number of aromatic nitrogens is 2. The Balaban J connectivity index is 1.20.